The van der Waals surface area contributed by atoms with E-state index in [0.717, 1.165) is 0 Å². The van der Waals surface area contributed by atoms with Crippen LogP contribution in [0.1, 0.15) is 39.2 Å². The summed E-state index contributed by atoms with van der Waals surface area (Å²) in [7, 11) is 1.58. The molecule has 1 aromatic rings. The highest BCUT2D eigenvalue weighted by atomic mass is 79.9. The van der Waals surface area contributed by atoms with Gasteiger partial charge in [-0.05, 0) is 45.7 Å². The minimum Gasteiger partial charge on any atom is -0.493 e. The molecule has 0 aromatic heterocycles. The number of nitrogens with one attached hydrogen (secondary N) is 1. The topological polar surface area (TPSA) is 77.0 Å². The van der Waals surface area contributed by atoms with Gasteiger partial charge in [0.15, 0.2) is 0 Å². The van der Waals surface area contributed by atoms with Gasteiger partial charge in [0.1, 0.15) is 11.4 Å². The van der Waals surface area contributed by atoms with Crippen molar-refractivity contribution >= 4 is 33.6 Å². The van der Waals surface area contributed by atoms with Crippen molar-refractivity contribution in [3.63, 3.8) is 0 Å². The summed E-state index contributed by atoms with van der Waals surface area (Å²) >= 11 is 9.38. The summed E-state index contributed by atoms with van der Waals surface area (Å²) in [5.41, 5.74) is 0.0978. The zero-order chi connectivity index (χ0) is 19.7. The summed E-state index contributed by atoms with van der Waals surface area (Å²) < 4.78 is 16.9. The number of benzene rings is 1. The Kier molecular flexibility index (Phi) is 9.71. The fourth-order valence-electron chi connectivity index (χ4n) is 2.25. The zero-order valence-electron chi connectivity index (χ0n) is 15.6. The largest absolute Gasteiger partial charge is 0.493 e. The molecule has 0 bridgehead atoms. The lowest BCUT2D eigenvalue weighted by molar-refractivity contribution is 0.0461. The van der Waals surface area contributed by atoms with Gasteiger partial charge < -0.3 is 24.6 Å². The zero-order valence-corrected chi connectivity index (χ0v) is 17.9. The molecule has 0 spiro atoms. The standard InChI is InChI=1S/C18H27BrClNO5/c1-18(2,3)26-17(23)21-13(11-24-4)6-5-7-25-16-9-12(20)8-15(19)14(16)10-22/h8-9,13,22H,5-7,10-11H2,1-4H3,(H,21,23). The molecule has 0 radical (unpaired) electrons. The van der Waals surface area contributed by atoms with Crippen LogP contribution in [-0.4, -0.2) is 43.2 Å². The van der Waals surface area contributed by atoms with Gasteiger partial charge in [0.2, 0.25) is 0 Å². The van der Waals surface area contributed by atoms with E-state index in [0.29, 0.717) is 46.9 Å². The Hall–Kier alpha value is -1.02. The van der Waals surface area contributed by atoms with Crippen LogP contribution < -0.4 is 10.1 Å². The Bertz CT molecular complexity index is 592. The smallest absolute Gasteiger partial charge is 0.407 e. The van der Waals surface area contributed by atoms with Gasteiger partial charge in [-0.25, -0.2) is 4.79 Å². The second kappa shape index (κ2) is 11.0. The number of halogens is 2. The lowest BCUT2D eigenvalue weighted by atomic mass is 10.1. The first-order valence-electron chi connectivity index (χ1n) is 8.36. The lowest BCUT2D eigenvalue weighted by Crippen LogP contribution is -2.41. The van der Waals surface area contributed by atoms with E-state index in [4.69, 9.17) is 25.8 Å². The quantitative estimate of drug-likeness (QED) is 0.547. The van der Waals surface area contributed by atoms with Crippen LogP contribution >= 0.6 is 27.5 Å². The molecule has 6 nitrogen and oxygen atoms in total. The van der Waals surface area contributed by atoms with Crippen LogP contribution in [0.5, 0.6) is 5.75 Å². The molecule has 1 atom stereocenters. The molecule has 1 amide bonds. The van der Waals surface area contributed by atoms with E-state index >= 15 is 0 Å². The molecule has 0 heterocycles. The molecular formula is C18H27BrClNO5. The highest BCUT2D eigenvalue weighted by Gasteiger charge is 2.19. The van der Waals surface area contributed by atoms with Gasteiger partial charge >= 0.3 is 6.09 Å². The summed E-state index contributed by atoms with van der Waals surface area (Å²) in [6.07, 6.45) is 0.865. The Morgan fingerprint density at radius 1 is 1.38 bits per heavy atom. The van der Waals surface area contributed by atoms with E-state index in [2.05, 4.69) is 21.2 Å². The van der Waals surface area contributed by atoms with Crippen molar-refractivity contribution in [2.24, 2.45) is 0 Å². The molecule has 1 rings (SSSR count). The third-order valence-electron chi connectivity index (χ3n) is 3.32. The van der Waals surface area contributed by atoms with Crippen molar-refractivity contribution in [1.29, 1.82) is 0 Å². The number of hydrogen-bond acceptors (Lipinski definition) is 5. The highest BCUT2D eigenvalue weighted by molar-refractivity contribution is 9.10. The molecule has 0 saturated carbocycles. The van der Waals surface area contributed by atoms with E-state index in [-0.39, 0.29) is 12.6 Å². The fourth-order valence-corrected chi connectivity index (χ4v) is 3.15. The molecule has 1 aromatic carbocycles. The summed E-state index contributed by atoms with van der Waals surface area (Å²) in [6.45, 7) is 6.08. The maximum absolute atomic E-state index is 11.9. The Balaban J connectivity index is 2.52. The second-order valence-electron chi connectivity index (χ2n) is 6.81. The van der Waals surface area contributed by atoms with Crippen molar-refractivity contribution in [1.82, 2.24) is 5.32 Å². The number of alkyl carbamates (subject to hydrolysis) is 1. The number of ether oxygens (including phenoxy) is 3. The first-order valence-corrected chi connectivity index (χ1v) is 9.53. The number of hydrogen-bond donors (Lipinski definition) is 2. The van der Waals surface area contributed by atoms with Crippen molar-refractivity contribution < 1.29 is 24.1 Å². The van der Waals surface area contributed by atoms with Crippen LogP contribution in [0.25, 0.3) is 0 Å². The molecule has 148 valence electrons. The number of aliphatic hydroxyl groups is 1. The molecule has 0 aliphatic heterocycles. The SMILES string of the molecule is COCC(CCCOc1cc(Cl)cc(Br)c1CO)NC(=O)OC(C)(C)C. The predicted molar refractivity (Wildman–Crippen MR) is 105 cm³/mol. The summed E-state index contributed by atoms with van der Waals surface area (Å²) in [5, 5.41) is 12.8. The van der Waals surface area contributed by atoms with Gasteiger partial charge in [-0.3, -0.25) is 0 Å². The van der Waals surface area contributed by atoms with Crippen LogP contribution in [0.4, 0.5) is 4.79 Å². The fraction of sp³-hybridized carbons (Fsp3) is 0.611. The Labute approximate surface area is 168 Å². The van der Waals surface area contributed by atoms with Crippen LogP contribution in [0.15, 0.2) is 16.6 Å². The van der Waals surface area contributed by atoms with Crippen molar-refractivity contribution in [3.05, 3.63) is 27.2 Å². The summed E-state index contributed by atoms with van der Waals surface area (Å²) in [6, 6.07) is 3.20. The maximum atomic E-state index is 11.9. The van der Waals surface area contributed by atoms with Crippen molar-refractivity contribution in [2.75, 3.05) is 20.3 Å². The molecule has 0 aliphatic carbocycles. The van der Waals surface area contributed by atoms with Gasteiger partial charge in [0.05, 0.1) is 25.9 Å². The van der Waals surface area contributed by atoms with Crippen molar-refractivity contribution in [2.45, 2.75) is 51.9 Å². The number of rotatable bonds is 9. The minimum atomic E-state index is -0.550. The number of methoxy groups -OCH3 is 1. The molecular weight excluding hydrogens is 426 g/mol. The number of carbonyl (C=O) groups excluding carboxylic acids is 1. The van der Waals surface area contributed by atoms with Crippen LogP contribution in [0, 0.1) is 0 Å². The summed E-state index contributed by atoms with van der Waals surface area (Å²) in [5.74, 6) is 0.537. The normalized spacial score (nSPS) is 12.6. The van der Waals surface area contributed by atoms with Crippen molar-refractivity contribution in [3.8, 4) is 5.75 Å². The molecule has 1 unspecified atom stereocenters. The second-order valence-corrected chi connectivity index (χ2v) is 8.10. The van der Waals surface area contributed by atoms with Gasteiger partial charge in [0.25, 0.3) is 0 Å². The maximum Gasteiger partial charge on any atom is 0.407 e. The van der Waals surface area contributed by atoms with Gasteiger partial charge in [-0.1, -0.05) is 27.5 Å². The third-order valence-corrected chi connectivity index (χ3v) is 4.25. The van der Waals surface area contributed by atoms with Gasteiger partial charge in [-0.2, -0.15) is 0 Å². The molecule has 26 heavy (non-hydrogen) atoms. The Morgan fingerprint density at radius 2 is 2.08 bits per heavy atom. The van der Waals surface area contributed by atoms with E-state index < -0.39 is 11.7 Å². The highest BCUT2D eigenvalue weighted by Crippen LogP contribution is 2.31. The average molecular weight is 453 g/mol. The molecule has 0 aliphatic rings. The van der Waals surface area contributed by atoms with Crippen LogP contribution in [0.3, 0.4) is 0 Å². The molecule has 0 fully saturated rings. The minimum absolute atomic E-state index is 0.153. The number of amides is 1. The summed E-state index contributed by atoms with van der Waals surface area (Å²) in [4.78, 5) is 11.9. The Morgan fingerprint density at radius 3 is 2.65 bits per heavy atom. The molecule has 0 saturated heterocycles. The van der Waals surface area contributed by atoms with E-state index in [1.54, 1.807) is 19.2 Å². The monoisotopic (exact) mass is 451 g/mol. The van der Waals surface area contributed by atoms with E-state index in [9.17, 15) is 9.90 Å². The number of carbonyl (C=O) groups is 1. The van der Waals surface area contributed by atoms with Crippen LogP contribution in [0.2, 0.25) is 5.02 Å². The van der Waals surface area contributed by atoms with Gasteiger partial charge in [-0.15, -0.1) is 0 Å². The molecule has 8 heteroatoms. The van der Waals surface area contributed by atoms with Gasteiger partial charge in [0, 0.05) is 22.2 Å². The number of aliphatic hydroxyl groups excluding tert-OH is 1. The van der Waals surface area contributed by atoms with E-state index in [1.165, 1.54) is 0 Å². The molecule has 2 N–H and O–H groups in total. The average Bonchev–Trinajstić information content (AvgIpc) is 2.49. The third kappa shape index (κ3) is 8.58. The van der Waals surface area contributed by atoms with E-state index in [1.807, 2.05) is 20.8 Å². The predicted octanol–water partition coefficient (Wildman–Crippen LogP) is 4.29. The first kappa shape index (κ1) is 23.0. The lowest BCUT2D eigenvalue weighted by Gasteiger charge is -2.23. The first-order chi connectivity index (χ1) is 12.2. The van der Waals surface area contributed by atoms with Crippen LogP contribution in [-0.2, 0) is 16.1 Å².